The first-order chi connectivity index (χ1) is 4.95. The largest absolute Gasteiger partial charge is 0.369 e. The Labute approximate surface area is 68.0 Å². The molecule has 0 bridgehead atoms. The van der Waals surface area contributed by atoms with Crippen LogP contribution in [0.2, 0.25) is 0 Å². The predicted molar refractivity (Wildman–Crippen MR) is 47.9 cm³/mol. The van der Waals surface area contributed by atoms with Gasteiger partial charge in [0.25, 0.3) is 0 Å². The number of nitrogens with two attached hydrogens (primary N) is 2. The maximum absolute atomic E-state index is 5.32. The average molecular weight is 158 g/mol. The van der Waals surface area contributed by atoms with Gasteiger partial charge in [0.1, 0.15) is 0 Å². The molecule has 0 unspecified atom stereocenters. The van der Waals surface area contributed by atoms with E-state index in [4.69, 9.17) is 11.6 Å². The van der Waals surface area contributed by atoms with Gasteiger partial charge in [0.05, 0.1) is 0 Å². The third kappa shape index (κ3) is 7.12. The summed E-state index contributed by atoms with van der Waals surface area (Å²) in [5.74, 6) is 5.32. The number of hydrogen-bond donors (Lipinski definition) is 3. The average Bonchev–Trinajstić information content (AvgIpc) is 1.85. The summed E-state index contributed by atoms with van der Waals surface area (Å²) in [5, 5.41) is 0. The van der Waals surface area contributed by atoms with Crippen LogP contribution in [0.1, 0.15) is 27.2 Å². The van der Waals surface area contributed by atoms with E-state index in [1.807, 2.05) is 0 Å². The highest BCUT2D eigenvalue weighted by Crippen LogP contribution is 2.17. The topological polar surface area (TPSA) is 76.4 Å². The third-order valence-corrected chi connectivity index (χ3v) is 1.29. The Morgan fingerprint density at radius 3 is 2.36 bits per heavy atom. The fraction of sp³-hybridized carbons (Fsp3) is 0.857. The van der Waals surface area contributed by atoms with Crippen molar-refractivity contribution in [2.75, 3.05) is 6.54 Å². The Balaban J connectivity index is 3.57. The van der Waals surface area contributed by atoms with Crippen LogP contribution < -0.4 is 17.0 Å². The van der Waals surface area contributed by atoms with Crippen LogP contribution in [0.3, 0.4) is 0 Å². The van der Waals surface area contributed by atoms with Crippen molar-refractivity contribution in [1.29, 1.82) is 0 Å². The molecule has 66 valence electrons. The fourth-order valence-corrected chi connectivity index (χ4v) is 0.557. The first-order valence-corrected chi connectivity index (χ1v) is 3.72. The van der Waals surface area contributed by atoms with Gasteiger partial charge in [-0.25, -0.2) is 5.84 Å². The second-order valence-corrected chi connectivity index (χ2v) is 3.72. The molecule has 4 heteroatoms. The smallest absolute Gasteiger partial charge is 0.203 e. The second kappa shape index (κ2) is 4.18. The number of rotatable bonds is 2. The van der Waals surface area contributed by atoms with E-state index < -0.39 is 0 Å². The maximum Gasteiger partial charge on any atom is 0.203 e. The highest BCUT2D eigenvalue weighted by molar-refractivity contribution is 5.77. The van der Waals surface area contributed by atoms with Gasteiger partial charge in [-0.15, -0.1) is 0 Å². The molecule has 0 fully saturated rings. The summed E-state index contributed by atoms with van der Waals surface area (Å²) < 4.78 is 0. The highest BCUT2D eigenvalue weighted by Gasteiger charge is 2.08. The molecule has 0 aliphatic heterocycles. The molecule has 0 rings (SSSR count). The molecule has 0 aliphatic carbocycles. The van der Waals surface area contributed by atoms with Gasteiger partial charge in [0, 0.05) is 6.54 Å². The normalized spacial score (nSPS) is 13.3. The minimum absolute atomic E-state index is 0.300. The molecule has 0 heterocycles. The molecule has 5 N–H and O–H groups in total. The molecule has 0 aromatic heterocycles. The SMILES string of the molecule is CC(C)(C)CCN=C(N)NN. The zero-order chi connectivity index (χ0) is 8.91. The molecule has 0 amide bonds. The molecule has 0 saturated carbocycles. The Morgan fingerprint density at radius 1 is 1.45 bits per heavy atom. The van der Waals surface area contributed by atoms with E-state index in [0.29, 0.717) is 11.4 Å². The molecule has 0 aromatic carbocycles. The highest BCUT2D eigenvalue weighted by atomic mass is 15.3. The Hall–Kier alpha value is -0.770. The van der Waals surface area contributed by atoms with E-state index in [-0.39, 0.29) is 0 Å². The standard InChI is InChI=1S/C7H18N4/c1-7(2,3)4-5-10-6(8)11-9/h4-5,9H2,1-3H3,(H3,8,10,11). The number of aliphatic imine (C=N–C) groups is 1. The summed E-state index contributed by atoms with van der Waals surface area (Å²) >= 11 is 0. The number of hydrogen-bond acceptors (Lipinski definition) is 2. The molecule has 0 saturated heterocycles. The molecule has 11 heavy (non-hydrogen) atoms. The Kier molecular flexibility index (Phi) is 3.89. The Morgan fingerprint density at radius 2 is 2.00 bits per heavy atom. The molecule has 0 atom stereocenters. The van der Waals surface area contributed by atoms with E-state index in [0.717, 1.165) is 13.0 Å². The number of nitrogens with one attached hydrogen (secondary N) is 1. The summed E-state index contributed by atoms with van der Waals surface area (Å²) in [6.07, 6.45) is 1.01. The first kappa shape index (κ1) is 10.2. The van der Waals surface area contributed by atoms with Crippen LogP contribution in [0.5, 0.6) is 0 Å². The van der Waals surface area contributed by atoms with E-state index in [1.165, 1.54) is 0 Å². The van der Waals surface area contributed by atoms with Gasteiger partial charge < -0.3 is 5.73 Å². The van der Waals surface area contributed by atoms with E-state index in [1.54, 1.807) is 0 Å². The van der Waals surface area contributed by atoms with E-state index >= 15 is 0 Å². The predicted octanol–water partition coefficient (Wildman–Crippen LogP) is 0.201. The van der Waals surface area contributed by atoms with Crippen LogP contribution in [-0.4, -0.2) is 12.5 Å². The molecule has 4 nitrogen and oxygen atoms in total. The lowest BCUT2D eigenvalue weighted by molar-refractivity contribution is 0.385. The van der Waals surface area contributed by atoms with Crippen molar-refractivity contribution in [3.8, 4) is 0 Å². The van der Waals surface area contributed by atoms with Gasteiger partial charge in [0.15, 0.2) is 0 Å². The van der Waals surface area contributed by atoms with Gasteiger partial charge in [-0.1, -0.05) is 20.8 Å². The molecular weight excluding hydrogens is 140 g/mol. The first-order valence-electron chi connectivity index (χ1n) is 3.72. The molecule has 0 aliphatic rings. The van der Waals surface area contributed by atoms with E-state index in [9.17, 15) is 0 Å². The lowest BCUT2D eigenvalue weighted by Gasteiger charge is -2.15. The van der Waals surface area contributed by atoms with Crippen molar-refractivity contribution < 1.29 is 0 Å². The summed E-state index contributed by atoms with van der Waals surface area (Å²) in [6, 6.07) is 0. The zero-order valence-corrected chi connectivity index (χ0v) is 7.52. The number of hydrazine groups is 1. The van der Waals surface area contributed by atoms with Crippen LogP contribution >= 0.6 is 0 Å². The van der Waals surface area contributed by atoms with Gasteiger partial charge in [0.2, 0.25) is 5.96 Å². The van der Waals surface area contributed by atoms with Crippen LogP contribution in [0.15, 0.2) is 4.99 Å². The van der Waals surface area contributed by atoms with Gasteiger partial charge in [-0.2, -0.15) is 0 Å². The monoisotopic (exact) mass is 158 g/mol. The summed E-state index contributed by atoms with van der Waals surface area (Å²) in [5.41, 5.74) is 7.90. The minimum Gasteiger partial charge on any atom is -0.369 e. The van der Waals surface area contributed by atoms with Crippen molar-refractivity contribution in [1.82, 2.24) is 5.43 Å². The van der Waals surface area contributed by atoms with Crippen LogP contribution in [0.25, 0.3) is 0 Å². The van der Waals surface area contributed by atoms with Crippen molar-refractivity contribution >= 4 is 5.96 Å². The van der Waals surface area contributed by atoms with Gasteiger partial charge >= 0.3 is 0 Å². The summed E-state index contributed by atoms with van der Waals surface area (Å²) in [4.78, 5) is 3.99. The molecular formula is C7H18N4. The van der Waals surface area contributed by atoms with Gasteiger partial charge in [-0.05, 0) is 11.8 Å². The quantitative estimate of drug-likeness (QED) is 0.232. The zero-order valence-electron chi connectivity index (χ0n) is 7.52. The van der Waals surface area contributed by atoms with Crippen LogP contribution in [0.4, 0.5) is 0 Å². The van der Waals surface area contributed by atoms with Crippen molar-refractivity contribution in [2.45, 2.75) is 27.2 Å². The fourth-order valence-electron chi connectivity index (χ4n) is 0.557. The third-order valence-electron chi connectivity index (χ3n) is 1.29. The van der Waals surface area contributed by atoms with Crippen molar-refractivity contribution in [3.05, 3.63) is 0 Å². The Bertz CT molecular complexity index is 134. The van der Waals surface area contributed by atoms with E-state index in [2.05, 4.69) is 31.2 Å². The maximum atomic E-state index is 5.32. The van der Waals surface area contributed by atoms with Crippen molar-refractivity contribution in [2.24, 2.45) is 22.0 Å². The van der Waals surface area contributed by atoms with Gasteiger partial charge in [-0.3, -0.25) is 10.4 Å². The van der Waals surface area contributed by atoms with Crippen molar-refractivity contribution in [3.63, 3.8) is 0 Å². The summed E-state index contributed by atoms with van der Waals surface area (Å²) in [6.45, 7) is 7.21. The van der Waals surface area contributed by atoms with Crippen LogP contribution in [0, 0.1) is 5.41 Å². The number of guanidine groups is 1. The minimum atomic E-state index is 0.300. The second-order valence-electron chi connectivity index (χ2n) is 3.72. The lowest BCUT2D eigenvalue weighted by atomic mass is 9.93. The lowest BCUT2D eigenvalue weighted by Crippen LogP contribution is -2.37. The number of nitrogens with zero attached hydrogens (tertiary/aromatic N) is 1. The molecule has 0 spiro atoms. The summed E-state index contributed by atoms with van der Waals surface area (Å²) in [7, 11) is 0. The molecule has 0 radical (unpaired) electrons. The van der Waals surface area contributed by atoms with Crippen LogP contribution in [-0.2, 0) is 0 Å². The molecule has 0 aromatic rings.